The second-order valence-electron chi connectivity index (χ2n) is 3.80. The maximum atomic E-state index is 11.4. The zero-order valence-electron chi connectivity index (χ0n) is 9.86. The van der Waals surface area contributed by atoms with E-state index in [0.29, 0.717) is 13.1 Å². The van der Waals surface area contributed by atoms with Crippen LogP contribution in [-0.4, -0.2) is 23.5 Å². The van der Waals surface area contributed by atoms with Gasteiger partial charge >= 0.3 is 0 Å². The molecule has 1 aromatic heterocycles. The first-order chi connectivity index (χ1) is 7.72. The van der Waals surface area contributed by atoms with Gasteiger partial charge in [-0.15, -0.1) is 0 Å². The van der Waals surface area contributed by atoms with Crippen LogP contribution in [0.5, 0.6) is 0 Å². The van der Waals surface area contributed by atoms with Gasteiger partial charge in [0.15, 0.2) is 0 Å². The Kier molecular flexibility index (Phi) is 5.50. The maximum Gasteiger partial charge on any atom is 0.234 e. The molecule has 1 rings (SSSR count). The number of nitrogens with one attached hydrogen (secondary N) is 2. The molecule has 1 amide bonds. The predicted molar refractivity (Wildman–Crippen MR) is 63.8 cm³/mol. The Labute approximate surface area is 96.5 Å². The first-order valence-corrected chi connectivity index (χ1v) is 5.62. The first kappa shape index (κ1) is 12.6. The summed E-state index contributed by atoms with van der Waals surface area (Å²) in [4.78, 5) is 15.6. The van der Waals surface area contributed by atoms with E-state index in [9.17, 15) is 4.79 Å². The number of hydrogen-bond acceptors (Lipinski definition) is 3. The Morgan fingerprint density at radius 3 is 2.94 bits per heavy atom. The van der Waals surface area contributed by atoms with Crippen molar-refractivity contribution in [2.24, 2.45) is 0 Å². The van der Waals surface area contributed by atoms with Crippen molar-refractivity contribution >= 4 is 5.91 Å². The molecule has 88 valence electrons. The SMILES string of the molecule is CCC(C)NC(=O)CNCc1ccccn1. The molecule has 1 unspecified atom stereocenters. The van der Waals surface area contributed by atoms with Gasteiger partial charge in [-0.3, -0.25) is 9.78 Å². The van der Waals surface area contributed by atoms with Gasteiger partial charge < -0.3 is 10.6 Å². The van der Waals surface area contributed by atoms with Crippen LogP contribution in [0.4, 0.5) is 0 Å². The summed E-state index contributed by atoms with van der Waals surface area (Å²) in [5.74, 6) is 0.0327. The van der Waals surface area contributed by atoms with Crippen molar-refractivity contribution in [1.82, 2.24) is 15.6 Å². The Balaban J connectivity index is 2.18. The van der Waals surface area contributed by atoms with Gasteiger partial charge in [0.2, 0.25) is 5.91 Å². The number of pyridine rings is 1. The molecule has 0 saturated heterocycles. The lowest BCUT2D eigenvalue weighted by Gasteiger charge is -2.11. The molecule has 1 heterocycles. The van der Waals surface area contributed by atoms with Crippen molar-refractivity contribution in [3.8, 4) is 0 Å². The van der Waals surface area contributed by atoms with E-state index in [1.165, 1.54) is 0 Å². The number of carbonyl (C=O) groups is 1. The van der Waals surface area contributed by atoms with Gasteiger partial charge in [-0.05, 0) is 25.5 Å². The number of aromatic nitrogens is 1. The summed E-state index contributed by atoms with van der Waals surface area (Å²) < 4.78 is 0. The summed E-state index contributed by atoms with van der Waals surface area (Å²) in [5.41, 5.74) is 0.943. The quantitative estimate of drug-likeness (QED) is 0.756. The fraction of sp³-hybridized carbons (Fsp3) is 0.500. The van der Waals surface area contributed by atoms with Crippen LogP contribution in [0.1, 0.15) is 26.0 Å². The highest BCUT2D eigenvalue weighted by atomic mass is 16.1. The molecule has 0 saturated carbocycles. The Hall–Kier alpha value is -1.42. The minimum Gasteiger partial charge on any atom is -0.353 e. The first-order valence-electron chi connectivity index (χ1n) is 5.62. The Morgan fingerprint density at radius 1 is 1.50 bits per heavy atom. The standard InChI is InChI=1S/C12H19N3O/c1-3-10(2)15-12(16)9-13-8-11-6-4-5-7-14-11/h4-7,10,13H,3,8-9H2,1-2H3,(H,15,16). The molecular formula is C12H19N3O. The van der Waals surface area contributed by atoms with E-state index in [-0.39, 0.29) is 11.9 Å². The van der Waals surface area contributed by atoms with E-state index >= 15 is 0 Å². The van der Waals surface area contributed by atoms with Gasteiger partial charge in [0.25, 0.3) is 0 Å². The van der Waals surface area contributed by atoms with Crippen LogP contribution in [0, 0.1) is 0 Å². The van der Waals surface area contributed by atoms with Gasteiger partial charge in [0.1, 0.15) is 0 Å². The summed E-state index contributed by atoms with van der Waals surface area (Å²) in [7, 11) is 0. The lowest BCUT2D eigenvalue weighted by atomic mass is 10.2. The number of amides is 1. The molecule has 0 spiro atoms. The Morgan fingerprint density at radius 2 is 2.31 bits per heavy atom. The molecule has 16 heavy (non-hydrogen) atoms. The predicted octanol–water partition coefficient (Wildman–Crippen LogP) is 1.09. The molecule has 0 aromatic carbocycles. The van der Waals surface area contributed by atoms with E-state index in [4.69, 9.17) is 0 Å². The van der Waals surface area contributed by atoms with E-state index in [0.717, 1.165) is 12.1 Å². The summed E-state index contributed by atoms with van der Waals surface area (Å²) in [6.45, 7) is 5.00. The summed E-state index contributed by atoms with van der Waals surface area (Å²) >= 11 is 0. The van der Waals surface area contributed by atoms with Crippen molar-refractivity contribution in [1.29, 1.82) is 0 Å². The molecule has 4 nitrogen and oxygen atoms in total. The number of nitrogens with zero attached hydrogens (tertiary/aromatic N) is 1. The fourth-order valence-corrected chi connectivity index (χ4v) is 1.23. The molecule has 0 radical (unpaired) electrons. The van der Waals surface area contributed by atoms with Gasteiger partial charge in [0, 0.05) is 18.8 Å². The minimum absolute atomic E-state index is 0.0327. The van der Waals surface area contributed by atoms with Crippen LogP contribution in [0.25, 0.3) is 0 Å². The summed E-state index contributed by atoms with van der Waals surface area (Å²) in [5, 5.41) is 5.95. The molecule has 0 aliphatic rings. The van der Waals surface area contributed by atoms with Crippen LogP contribution in [-0.2, 0) is 11.3 Å². The molecule has 0 fully saturated rings. The van der Waals surface area contributed by atoms with E-state index in [1.807, 2.05) is 32.0 Å². The molecular weight excluding hydrogens is 202 g/mol. The van der Waals surface area contributed by atoms with E-state index in [1.54, 1.807) is 6.20 Å². The highest BCUT2D eigenvalue weighted by Crippen LogP contribution is 1.91. The molecule has 1 aromatic rings. The summed E-state index contributed by atoms with van der Waals surface area (Å²) in [6, 6.07) is 5.98. The molecule has 4 heteroatoms. The minimum atomic E-state index is 0.0327. The molecule has 0 bridgehead atoms. The largest absolute Gasteiger partial charge is 0.353 e. The lowest BCUT2D eigenvalue weighted by molar-refractivity contribution is -0.120. The van der Waals surface area contributed by atoms with Gasteiger partial charge in [-0.2, -0.15) is 0 Å². The van der Waals surface area contributed by atoms with Crippen LogP contribution < -0.4 is 10.6 Å². The average molecular weight is 221 g/mol. The zero-order valence-corrected chi connectivity index (χ0v) is 9.86. The number of hydrogen-bond donors (Lipinski definition) is 2. The van der Waals surface area contributed by atoms with Gasteiger partial charge in [0.05, 0.1) is 12.2 Å². The highest BCUT2D eigenvalue weighted by molar-refractivity contribution is 5.78. The van der Waals surface area contributed by atoms with E-state index in [2.05, 4.69) is 15.6 Å². The van der Waals surface area contributed by atoms with Crippen molar-refractivity contribution in [2.45, 2.75) is 32.9 Å². The number of carbonyl (C=O) groups excluding carboxylic acids is 1. The topological polar surface area (TPSA) is 54.0 Å². The Bertz CT molecular complexity index is 313. The van der Waals surface area contributed by atoms with E-state index < -0.39 is 0 Å². The normalized spacial score (nSPS) is 12.1. The second-order valence-corrected chi connectivity index (χ2v) is 3.80. The van der Waals surface area contributed by atoms with Crippen molar-refractivity contribution in [2.75, 3.05) is 6.54 Å². The van der Waals surface area contributed by atoms with Crippen LogP contribution in [0.3, 0.4) is 0 Å². The third-order valence-electron chi connectivity index (χ3n) is 2.34. The molecule has 0 aliphatic heterocycles. The monoisotopic (exact) mass is 221 g/mol. The molecule has 2 N–H and O–H groups in total. The van der Waals surface area contributed by atoms with Crippen molar-refractivity contribution in [3.63, 3.8) is 0 Å². The van der Waals surface area contributed by atoms with Crippen LogP contribution in [0.2, 0.25) is 0 Å². The third-order valence-corrected chi connectivity index (χ3v) is 2.34. The lowest BCUT2D eigenvalue weighted by Crippen LogP contribution is -2.38. The maximum absolute atomic E-state index is 11.4. The third kappa shape index (κ3) is 4.89. The fourth-order valence-electron chi connectivity index (χ4n) is 1.23. The van der Waals surface area contributed by atoms with Crippen LogP contribution >= 0.6 is 0 Å². The van der Waals surface area contributed by atoms with Gasteiger partial charge in [-0.1, -0.05) is 13.0 Å². The highest BCUT2D eigenvalue weighted by Gasteiger charge is 2.04. The smallest absolute Gasteiger partial charge is 0.234 e. The summed E-state index contributed by atoms with van der Waals surface area (Å²) in [6.07, 6.45) is 2.70. The zero-order chi connectivity index (χ0) is 11.8. The molecule has 1 atom stereocenters. The second kappa shape index (κ2) is 6.95. The van der Waals surface area contributed by atoms with Crippen LogP contribution in [0.15, 0.2) is 24.4 Å². The average Bonchev–Trinajstić information content (AvgIpc) is 2.30. The number of rotatable bonds is 6. The van der Waals surface area contributed by atoms with Gasteiger partial charge in [-0.25, -0.2) is 0 Å². The molecule has 0 aliphatic carbocycles. The van der Waals surface area contributed by atoms with Crippen molar-refractivity contribution in [3.05, 3.63) is 30.1 Å². The van der Waals surface area contributed by atoms with Crippen molar-refractivity contribution < 1.29 is 4.79 Å².